The summed E-state index contributed by atoms with van der Waals surface area (Å²) >= 11 is 0. The summed E-state index contributed by atoms with van der Waals surface area (Å²) in [5, 5.41) is 0. The fourth-order valence-corrected chi connectivity index (χ4v) is 7.05. The Bertz CT molecular complexity index is 1310. The van der Waals surface area contributed by atoms with Crippen LogP contribution in [0.15, 0.2) is 97.2 Å². The van der Waals surface area contributed by atoms with Crippen molar-refractivity contribution in [2.24, 2.45) is 0 Å². The van der Waals surface area contributed by atoms with Gasteiger partial charge < -0.3 is 14.2 Å². The Balaban J connectivity index is 4.46. The molecule has 65 heavy (non-hydrogen) atoms. The molecule has 0 heterocycles. The molecule has 0 aliphatic rings. The molecule has 0 bridgehead atoms. The van der Waals surface area contributed by atoms with Gasteiger partial charge in [0.15, 0.2) is 6.10 Å². The lowest BCUT2D eigenvalue weighted by atomic mass is 10.0. The summed E-state index contributed by atoms with van der Waals surface area (Å²) < 4.78 is 16.8. The molecule has 0 saturated carbocycles. The maximum absolute atomic E-state index is 12.8. The van der Waals surface area contributed by atoms with E-state index in [1.54, 1.807) is 0 Å². The zero-order valence-corrected chi connectivity index (χ0v) is 42.2. The summed E-state index contributed by atoms with van der Waals surface area (Å²) in [4.78, 5) is 38.0. The van der Waals surface area contributed by atoms with Crippen LogP contribution in [0.4, 0.5) is 0 Å². The third-order valence-corrected chi connectivity index (χ3v) is 11.1. The minimum Gasteiger partial charge on any atom is -0.462 e. The van der Waals surface area contributed by atoms with E-state index >= 15 is 0 Å². The number of unbranched alkanes of at least 4 members (excludes halogenated alkanes) is 20. The highest BCUT2D eigenvalue weighted by Crippen LogP contribution is 2.14. The maximum atomic E-state index is 12.8. The standard InChI is InChI=1S/C59H98O6/c1-4-7-10-13-16-19-22-25-27-28-29-30-31-32-33-35-37-40-43-46-49-52-58(61)64-55-56(54-63-57(60)51-48-45-42-39-36-24-21-18-15-12-9-6-3)65-59(62)53-50-47-44-41-38-34-26-23-20-17-14-11-8-5-2/h7,10,14,16-17,19,23,25-27,29-30,32-33,37,40,56H,4-6,8-9,11-13,15,18,20-22,24,28,31,34-36,38-39,41-55H2,1-3H3/b10-7-,17-14-,19-16-,26-23-,27-25-,30-29-,33-32-,40-37-. The molecule has 6 nitrogen and oxygen atoms in total. The van der Waals surface area contributed by atoms with E-state index in [-0.39, 0.29) is 31.1 Å². The van der Waals surface area contributed by atoms with Gasteiger partial charge in [-0.3, -0.25) is 14.4 Å². The first-order chi connectivity index (χ1) is 32.0. The summed E-state index contributed by atoms with van der Waals surface area (Å²) in [5.74, 6) is -0.957. The molecule has 1 atom stereocenters. The molecular weight excluding hydrogens is 805 g/mol. The van der Waals surface area contributed by atoms with Gasteiger partial charge in [-0.05, 0) is 96.3 Å². The van der Waals surface area contributed by atoms with E-state index in [9.17, 15) is 14.4 Å². The third-order valence-electron chi connectivity index (χ3n) is 11.1. The van der Waals surface area contributed by atoms with E-state index in [0.29, 0.717) is 19.3 Å². The Hall–Kier alpha value is -3.67. The normalized spacial score (nSPS) is 12.8. The molecule has 0 spiro atoms. The van der Waals surface area contributed by atoms with Crippen molar-refractivity contribution in [3.63, 3.8) is 0 Å². The van der Waals surface area contributed by atoms with Crippen LogP contribution in [0.3, 0.4) is 0 Å². The first-order valence-corrected chi connectivity index (χ1v) is 26.7. The Morgan fingerprint density at radius 2 is 0.615 bits per heavy atom. The van der Waals surface area contributed by atoms with Gasteiger partial charge in [0.1, 0.15) is 13.2 Å². The van der Waals surface area contributed by atoms with Crippen LogP contribution in [-0.2, 0) is 28.6 Å². The van der Waals surface area contributed by atoms with Gasteiger partial charge in [0.05, 0.1) is 0 Å². The fraction of sp³-hybridized carbons (Fsp3) is 0.678. The number of hydrogen-bond donors (Lipinski definition) is 0. The average molecular weight is 903 g/mol. The van der Waals surface area contributed by atoms with Crippen LogP contribution in [-0.4, -0.2) is 37.2 Å². The molecule has 1 unspecified atom stereocenters. The van der Waals surface area contributed by atoms with Crippen LogP contribution in [0, 0.1) is 0 Å². The Labute approximate surface area is 400 Å². The van der Waals surface area contributed by atoms with Gasteiger partial charge in [0, 0.05) is 19.3 Å². The van der Waals surface area contributed by atoms with Crippen molar-refractivity contribution in [2.45, 2.75) is 245 Å². The summed E-state index contributed by atoms with van der Waals surface area (Å²) in [6.45, 7) is 6.43. The van der Waals surface area contributed by atoms with E-state index < -0.39 is 6.10 Å². The number of rotatable bonds is 47. The van der Waals surface area contributed by atoms with E-state index in [2.05, 4.69) is 118 Å². The van der Waals surface area contributed by atoms with Gasteiger partial charge in [-0.15, -0.1) is 0 Å². The van der Waals surface area contributed by atoms with E-state index in [0.717, 1.165) is 122 Å². The van der Waals surface area contributed by atoms with Crippen molar-refractivity contribution < 1.29 is 28.6 Å². The SMILES string of the molecule is CC/C=C\C/C=C\C/C=C\C/C=C\C/C=C\C/C=C\CCCCC(=O)OCC(COC(=O)CCCCCCCCCCCCCC)OC(=O)CCCCCCC/C=C\C/C=C\CCCC. The first-order valence-electron chi connectivity index (χ1n) is 26.7. The lowest BCUT2D eigenvalue weighted by Gasteiger charge is -2.18. The molecule has 0 amide bonds. The number of ether oxygens (including phenoxy) is 3. The number of esters is 3. The predicted octanol–water partition coefficient (Wildman–Crippen LogP) is 17.8. The van der Waals surface area contributed by atoms with Crippen LogP contribution >= 0.6 is 0 Å². The largest absolute Gasteiger partial charge is 0.462 e. The molecule has 0 rings (SSSR count). The number of allylic oxidation sites excluding steroid dienone is 16. The van der Waals surface area contributed by atoms with Gasteiger partial charge >= 0.3 is 17.9 Å². The van der Waals surface area contributed by atoms with Crippen LogP contribution in [0.25, 0.3) is 0 Å². The molecule has 0 radical (unpaired) electrons. The molecule has 0 fully saturated rings. The van der Waals surface area contributed by atoms with Gasteiger partial charge in [-0.2, -0.15) is 0 Å². The predicted molar refractivity (Wildman–Crippen MR) is 279 cm³/mol. The van der Waals surface area contributed by atoms with Gasteiger partial charge in [0.25, 0.3) is 0 Å². The van der Waals surface area contributed by atoms with Crippen LogP contribution < -0.4 is 0 Å². The topological polar surface area (TPSA) is 78.9 Å². The van der Waals surface area contributed by atoms with Crippen molar-refractivity contribution in [3.05, 3.63) is 97.2 Å². The summed E-state index contributed by atoms with van der Waals surface area (Å²) in [6.07, 6.45) is 69.6. The van der Waals surface area contributed by atoms with Crippen molar-refractivity contribution >= 4 is 17.9 Å². The maximum Gasteiger partial charge on any atom is 0.306 e. The second-order valence-electron chi connectivity index (χ2n) is 17.4. The molecular formula is C59H98O6. The summed E-state index contributed by atoms with van der Waals surface area (Å²) in [7, 11) is 0. The molecule has 0 aliphatic carbocycles. The highest BCUT2D eigenvalue weighted by molar-refractivity contribution is 5.71. The third kappa shape index (κ3) is 51.2. The molecule has 370 valence electrons. The van der Waals surface area contributed by atoms with Gasteiger partial charge in [0.2, 0.25) is 0 Å². The minimum atomic E-state index is -0.801. The average Bonchev–Trinajstić information content (AvgIpc) is 3.30. The van der Waals surface area contributed by atoms with Crippen molar-refractivity contribution in [2.75, 3.05) is 13.2 Å². The zero-order valence-electron chi connectivity index (χ0n) is 42.2. The monoisotopic (exact) mass is 903 g/mol. The molecule has 0 saturated heterocycles. The Morgan fingerprint density at radius 3 is 1.02 bits per heavy atom. The molecule has 0 aliphatic heterocycles. The molecule has 0 aromatic rings. The number of hydrogen-bond acceptors (Lipinski definition) is 6. The lowest BCUT2D eigenvalue weighted by Crippen LogP contribution is -2.30. The lowest BCUT2D eigenvalue weighted by molar-refractivity contribution is -0.167. The first kappa shape index (κ1) is 61.3. The fourth-order valence-electron chi connectivity index (χ4n) is 7.05. The van der Waals surface area contributed by atoms with E-state index in [4.69, 9.17) is 14.2 Å². The Kier molecular flexibility index (Phi) is 50.0. The second-order valence-corrected chi connectivity index (χ2v) is 17.4. The number of carbonyl (C=O) groups excluding carboxylic acids is 3. The molecule has 0 aromatic heterocycles. The molecule has 0 N–H and O–H groups in total. The molecule has 6 heteroatoms. The van der Waals surface area contributed by atoms with Crippen LogP contribution in [0.2, 0.25) is 0 Å². The van der Waals surface area contributed by atoms with Crippen molar-refractivity contribution in [1.82, 2.24) is 0 Å². The zero-order chi connectivity index (χ0) is 47.2. The number of carbonyl (C=O) groups is 3. The summed E-state index contributed by atoms with van der Waals surface area (Å²) in [6, 6.07) is 0. The van der Waals surface area contributed by atoms with Crippen molar-refractivity contribution in [1.29, 1.82) is 0 Å². The van der Waals surface area contributed by atoms with E-state index in [1.807, 2.05) is 0 Å². The minimum absolute atomic E-state index is 0.0964. The highest BCUT2D eigenvalue weighted by Gasteiger charge is 2.19. The molecule has 0 aromatic carbocycles. The van der Waals surface area contributed by atoms with Crippen LogP contribution in [0.1, 0.15) is 239 Å². The second kappa shape index (κ2) is 52.9. The van der Waals surface area contributed by atoms with Crippen LogP contribution in [0.5, 0.6) is 0 Å². The van der Waals surface area contributed by atoms with Gasteiger partial charge in [-0.25, -0.2) is 0 Å². The van der Waals surface area contributed by atoms with Gasteiger partial charge in [-0.1, -0.05) is 221 Å². The highest BCUT2D eigenvalue weighted by atomic mass is 16.6. The quantitative estimate of drug-likeness (QED) is 0.0262. The van der Waals surface area contributed by atoms with Crippen molar-refractivity contribution in [3.8, 4) is 0 Å². The summed E-state index contributed by atoms with van der Waals surface area (Å²) in [5.41, 5.74) is 0. The smallest absolute Gasteiger partial charge is 0.306 e. The Morgan fingerprint density at radius 1 is 0.323 bits per heavy atom. The van der Waals surface area contributed by atoms with E-state index in [1.165, 1.54) is 77.0 Å².